The monoisotopic (exact) mass is 328 g/mol. The minimum absolute atomic E-state index is 0.194. The van der Waals surface area contributed by atoms with Crippen LogP contribution in [0.2, 0.25) is 0 Å². The van der Waals surface area contributed by atoms with Gasteiger partial charge in [-0.15, -0.1) is 0 Å². The number of hydrogen-bond acceptors (Lipinski definition) is 5. The predicted molar refractivity (Wildman–Crippen MR) is 91.2 cm³/mol. The molecular weight excluding hydrogens is 308 g/mol. The molecule has 1 heterocycles. The first-order valence-corrected chi connectivity index (χ1v) is 7.33. The zero-order chi connectivity index (χ0) is 17.4. The van der Waals surface area contributed by atoms with Crippen molar-refractivity contribution in [3.8, 4) is 17.4 Å². The Kier molecular flexibility index (Phi) is 6.19. The molecule has 6 nitrogen and oxygen atoms in total. The van der Waals surface area contributed by atoms with E-state index in [0.29, 0.717) is 23.9 Å². The van der Waals surface area contributed by atoms with Crippen LogP contribution in [0.5, 0.6) is 17.4 Å². The van der Waals surface area contributed by atoms with Gasteiger partial charge in [-0.05, 0) is 29.3 Å². The maximum atomic E-state index is 11.9. The van der Waals surface area contributed by atoms with Crippen molar-refractivity contribution in [1.29, 1.82) is 0 Å². The van der Waals surface area contributed by atoms with Crippen LogP contribution in [0.15, 0.2) is 42.6 Å². The van der Waals surface area contributed by atoms with E-state index in [2.05, 4.69) is 10.3 Å². The van der Waals surface area contributed by atoms with Gasteiger partial charge in [-0.2, -0.15) is 0 Å². The highest BCUT2D eigenvalue weighted by Crippen LogP contribution is 2.27. The fraction of sp³-hybridized carbons (Fsp3) is 0.222. The minimum Gasteiger partial charge on any atom is -0.493 e. The normalized spacial score (nSPS) is 10.5. The Morgan fingerprint density at radius 1 is 1.08 bits per heavy atom. The molecule has 0 aliphatic rings. The van der Waals surface area contributed by atoms with E-state index in [1.54, 1.807) is 51.8 Å². The lowest BCUT2D eigenvalue weighted by molar-refractivity contribution is -0.116. The first-order chi connectivity index (χ1) is 11.7. The van der Waals surface area contributed by atoms with Crippen LogP contribution in [0.4, 0.5) is 0 Å². The number of benzene rings is 1. The van der Waals surface area contributed by atoms with Gasteiger partial charge < -0.3 is 19.5 Å². The molecule has 126 valence electrons. The molecule has 6 heteroatoms. The van der Waals surface area contributed by atoms with E-state index < -0.39 is 0 Å². The molecular formula is C18H20N2O4. The van der Waals surface area contributed by atoms with Crippen LogP contribution < -0.4 is 19.5 Å². The summed E-state index contributed by atoms with van der Waals surface area (Å²) < 4.78 is 15.4. The van der Waals surface area contributed by atoms with E-state index in [-0.39, 0.29) is 5.91 Å². The van der Waals surface area contributed by atoms with E-state index in [9.17, 15) is 4.79 Å². The topological polar surface area (TPSA) is 69.7 Å². The maximum Gasteiger partial charge on any atom is 0.244 e. The van der Waals surface area contributed by atoms with E-state index in [1.807, 2.05) is 12.1 Å². The Balaban J connectivity index is 1.92. The Hall–Kier alpha value is -3.02. The molecule has 0 atom stereocenters. The Morgan fingerprint density at radius 2 is 1.88 bits per heavy atom. The van der Waals surface area contributed by atoms with Gasteiger partial charge in [-0.25, -0.2) is 4.98 Å². The summed E-state index contributed by atoms with van der Waals surface area (Å²) in [6.07, 6.45) is 4.85. The lowest BCUT2D eigenvalue weighted by atomic mass is 10.2. The molecule has 2 aromatic rings. The van der Waals surface area contributed by atoms with Crippen molar-refractivity contribution >= 4 is 12.0 Å². The van der Waals surface area contributed by atoms with Crippen LogP contribution >= 0.6 is 0 Å². The van der Waals surface area contributed by atoms with Crippen molar-refractivity contribution < 1.29 is 19.0 Å². The molecule has 0 unspecified atom stereocenters. The number of carbonyl (C=O) groups is 1. The van der Waals surface area contributed by atoms with E-state index in [0.717, 1.165) is 11.1 Å². The average Bonchev–Trinajstić information content (AvgIpc) is 2.64. The molecule has 0 radical (unpaired) electrons. The van der Waals surface area contributed by atoms with E-state index in [1.165, 1.54) is 6.08 Å². The molecule has 0 bridgehead atoms. The quantitative estimate of drug-likeness (QED) is 0.791. The molecule has 0 saturated carbocycles. The number of pyridine rings is 1. The van der Waals surface area contributed by atoms with Crippen LogP contribution in [0.3, 0.4) is 0 Å². The zero-order valence-corrected chi connectivity index (χ0v) is 13.9. The van der Waals surface area contributed by atoms with Crippen molar-refractivity contribution in [2.24, 2.45) is 0 Å². The molecule has 0 spiro atoms. The van der Waals surface area contributed by atoms with Gasteiger partial charge >= 0.3 is 0 Å². The van der Waals surface area contributed by atoms with Crippen LogP contribution in [0.1, 0.15) is 11.1 Å². The van der Waals surface area contributed by atoms with E-state index >= 15 is 0 Å². The van der Waals surface area contributed by atoms with Gasteiger partial charge in [0.05, 0.1) is 21.3 Å². The summed E-state index contributed by atoms with van der Waals surface area (Å²) in [5.41, 5.74) is 1.73. The van der Waals surface area contributed by atoms with Gasteiger partial charge in [-0.3, -0.25) is 4.79 Å². The molecule has 1 amide bonds. The standard InChI is InChI=1S/C18H20N2O4/c1-22-15-7-4-13(10-16(15)23-2)5-8-17(21)19-11-14-6-9-18(24-3)20-12-14/h4-10,12H,11H2,1-3H3,(H,19,21)/b8-5+. The second-order valence-corrected chi connectivity index (χ2v) is 4.87. The van der Waals surface area contributed by atoms with Gasteiger partial charge in [0, 0.05) is 24.9 Å². The number of methoxy groups -OCH3 is 3. The Morgan fingerprint density at radius 3 is 2.50 bits per heavy atom. The average molecular weight is 328 g/mol. The van der Waals surface area contributed by atoms with Gasteiger partial charge in [0.2, 0.25) is 11.8 Å². The van der Waals surface area contributed by atoms with Crippen molar-refractivity contribution in [3.63, 3.8) is 0 Å². The van der Waals surface area contributed by atoms with Gasteiger partial charge in [0.15, 0.2) is 11.5 Å². The molecule has 0 aliphatic heterocycles. The number of amides is 1. The summed E-state index contributed by atoms with van der Waals surface area (Å²) in [5, 5.41) is 2.80. The number of hydrogen-bond donors (Lipinski definition) is 1. The fourth-order valence-corrected chi connectivity index (χ4v) is 2.01. The van der Waals surface area contributed by atoms with Crippen LogP contribution in [-0.4, -0.2) is 32.2 Å². The highest BCUT2D eigenvalue weighted by molar-refractivity contribution is 5.91. The van der Waals surface area contributed by atoms with Gasteiger partial charge in [-0.1, -0.05) is 12.1 Å². The van der Waals surface area contributed by atoms with Crippen LogP contribution in [0, 0.1) is 0 Å². The third kappa shape index (κ3) is 4.74. The van der Waals surface area contributed by atoms with Crippen molar-refractivity contribution in [1.82, 2.24) is 10.3 Å². The van der Waals surface area contributed by atoms with Crippen molar-refractivity contribution in [3.05, 3.63) is 53.7 Å². The highest BCUT2D eigenvalue weighted by atomic mass is 16.5. The smallest absolute Gasteiger partial charge is 0.244 e. The first kappa shape index (κ1) is 17.3. The highest BCUT2D eigenvalue weighted by Gasteiger charge is 2.03. The molecule has 2 rings (SSSR count). The molecule has 1 aromatic heterocycles. The van der Waals surface area contributed by atoms with Crippen LogP contribution in [-0.2, 0) is 11.3 Å². The second kappa shape index (κ2) is 8.57. The number of carbonyl (C=O) groups excluding carboxylic acids is 1. The number of rotatable bonds is 7. The first-order valence-electron chi connectivity index (χ1n) is 7.33. The molecule has 0 fully saturated rings. The zero-order valence-electron chi connectivity index (χ0n) is 13.9. The number of ether oxygens (including phenoxy) is 3. The summed E-state index contributed by atoms with van der Waals surface area (Å²) in [7, 11) is 4.71. The lowest BCUT2D eigenvalue weighted by Gasteiger charge is -2.07. The maximum absolute atomic E-state index is 11.9. The van der Waals surface area contributed by atoms with Crippen LogP contribution in [0.25, 0.3) is 6.08 Å². The largest absolute Gasteiger partial charge is 0.493 e. The van der Waals surface area contributed by atoms with Crippen molar-refractivity contribution in [2.75, 3.05) is 21.3 Å². The number of aromatic nitrogens is 1. The SMILES string of the molecule is COc1ccc(CNC(=O)/C=C/c2ccc(OC)c(OC)c2)cn1. The number of nitrogens with one attached hydrogen (secondary N) is 1. The molecule has 0 aliphatic carbocycles. The Labute approximate surface area is 141 Å². The van der Waals surface area contributed by atoms with Crippen molar-refractivity contribution in [2.45, 2.75) is 6.54 Å². The number of nitrogens with zero attached hydrogens (tertiary/aromatic N) is 1. The third-order valence-electron chi connectivity index (χ3n) is 3.31. The van der Waals surface area contributed by atoms with Gasteiger partial charge in [0.1, 0.15) is 0 Å². The minimum atomic E-state index is -0.194. The summed E-state index contributed by atoms with van der Waals surface area (Å²) in [4.78, 5) is 16.0. The summed E-state index contributed by atoms with van der Waals surface area (Å²) in [5.74, 6) is 1.61. The van der Waals surface area contributed by atoms with E-state index in [4.69, 9.17) is 14.2 Å². The second-order valence-electron chi connectivity index (χ2n) is 4.87. The Bertz CT molecular complexity index is 711. The molecule has 0 saturated heterocycles. The summed E-state index contributed by atoms with van der Waals surface area (Å²) >= 11 is 0. The summed E-state index contributed by atoms with van der Waals surface area (Å²) in [6.45, 7) is 0.395. The molecule has 1 N–H and O–H groups in total. The van der Waals surface area contributed by atoms with Gasteiger partial charge in [0.25, 0.3) is 0 Å². The molecule has 24 heavy (non-hydrogen) atoms. The molecule has 1 aromatic carbocycles. The predicted octanol–water partition coefficient (Wildman–Crippen LogP) is 2.44. The lowest BCUT2D eigenvalue weighted by Crippen LogP contribution is -2.20. The fourth-order valence-electron chi connectivity index (χ4n) is 2.01. The third-order valence-corrected chi connectivity index (χ3v) is 3.31. The summed E-state index contributed by atoms with van der Waals surface area (Å²) in [6, 6.07) is 9.04.